The van der Waals surface area contributed by atoms with Crippen molar-refractivity contribution < 1.29 is 0 Å². The molecule has 0 bridgehead atoms. The molecule has 0 spiro atoms. The van der Waals surface area contributed by atoms with Crippen molar-refractivity contribution in [1.82, 2.24) is 4.90 Å². The molecule has 0 radical (unpaired) electrons. The van der Waals surface area contributed by atoms with E-state index < -0.39 is 0 Å². The maximum Gasteiger partial charge on any atom is 0.0496 e. The summed E-state index contributed by atoms with van der Waals surface area (Å²) in [7, 11) is 2.18. The zero-order chi connectivity index (χ0) is 12.8. The Morgan fingerprint density at radius 2 is 1.94 bits per heavy atom. The minimum Gasteiger partial charge on any atom is -0.326 e. The Morgan fingerprint density at radius 1 is 1.29 bits per heavy atom. The van der Waals surface area contributed by atoms with E-state index in [2.05, 4.69) is 57.0 Å². The molecule has 0 aliphatic carbocycles. The second-order valence-corrected chi connectivity index (χ2v) is 4.99. The van der Waals surface area contributed by atoms with Crippen molar-refractivity contribution in [2.75, 3.05) is 13.6 Å². The number of nitrogens with zero attached hydrogens (tertiary/aromatic N) is 1. The molecule has 2 unspecified atom stereocenters. The summed E-state index contributed by atoms with van der Waals surface area (Å²) in [5.74, 6) is 0. The minimum atomic E-state index is 0.151. The van der Waals surface area contributed by atoms with Crippen LogP contribution in [0.4, 0.5) is 0 Å². The van der Waals surface area contributed by atoms with Crippen molar-refractivity contribution in [2.45, 2.75) is 45.7 Å². The molecule has 1 aromatic carbocycles. The number of rotatable bonds is 6. The van der Waals surface area contributed by atoms with Gasteiger partial charge in [-0.3, -0.25) is 4.90 Å². The Balaban J connectivity index is 2.89. The standard InChI is InChI=1S/C15H26N2/c1-5-6-11-17(4)15(13(3)16)14-10-8-7-9-12(14)2/h7-10,13,15H,5-6,11,16H2,1-4H3. The van der Waals surface area contributed by atoms with Crippen molar-refractivity contribution in [2.24, 2.45) is 5.73 Å². The van der Waals surface area contributed by atoms with Crippen molar-refractivity contribution in [3.05, 3.63) is 35.4 Å². The van der Waals surface area contributed by atoms with E-state index in [0.717, 1.165) is 6.54 Å². The number of benzene rings is 1. The average molecular weight is 234 g/mol. The molecule has 0 aliphatic rings. The Kier molecular flexibility index (Phi) is 5.66. The van der Waals surface area contributed by atoms with Gasteiger partial charge in [0.05, 0.1) is 0 Å². The molecule has 0 fully saturated rings. The summed E-state index contributed by atoms with van der Waals surface area (Å²) in [6.45, 7) is 7.59. The van der Waals surface area contributed by atoms with Crippen LogP contribution in [0.5, 0.6) is 0 Å². The van der Waals surface area contributed by atoms with Gasteiger partial charge in [0.2, 0.25) is 0 Å². The second kappa shape index (κ2) is 6.77. The van der Waals surface area contributed by atoms with Gasteiger partial charge < -0.3 is 5.73 Å². The lowest BCUT2D eigenvalue weighted by molar-refractivity contribution is 0.215. The van der Waals surface area contributed by atoms with Crippen LogP contribution in [0.3, 0.4) is 0 Å². The van der Waals surface area contributed by atoms with Crippen molar-refractivity contribution in [3.8, 4) is 0 Å². The summed E-state index contributed by atoms with van der Waals surface area (Å²) in [5, 5.41) is 0. The van der Waals surface area contributed by atoms with Gasteiger partial charge >= 0.3 is 0 Å². The van der Waals surface area contributed by atoms with E-state index in [1.807, 2.05) is 0 Å². The molecule has 2 heteroatoms. The summed E-state index contributed by atoms with van der Waals surface area (Å²) in [6.07, 6.45) is 2.45. The zero-order valence-corrected chi connectivity index (χ0v) is 11.6. The molecule has 1 rings (SSSR count). The van der Waals surface area contributed by atoms with Crippen molar-refractivity contribution >= 4 is 0 Å². The predicted molar refractivity (Wildman–Crippen MR) is 75.1 cm³/mol. The minimum absolute atomic E-state index is 0.151. The second-order valence-electron chi connectivity index (χ2n) is 4.99. The highest BCUT2D eigenvalue weighted by Gasteiger charge is 2.21. The first-order valence-corrected chi connectivity index (χ1v) is 6.59. The molecule has 0 saturated carbocycles. The molecular weight excluding hydrogens is 208 g/mol. The Bertz CT molecular complexity index is 333. The largest absolute Gasteiger partial charge is 0.326 e. The van der Waals surface area contributed by atoms with Crippen LogP contribution in [-0.4, -0.2) is 24.5 Å². The molecule has 0 saturated heterocycles. The number of hydrogen-bond donors (Lipinski definition) is 1. The third-order valence-electron chi connectivity index (χ3n) is 3.34. The normalized spacial score (nSPS) is 14.9. The molecule has 0 aliphatic heterocycles. The molecule has 2 atom stereocenters. The first-order valence-electron chi connectivity index (χ1n) is 6.59. The zero-order valence-electron chi connectivity index (χ0n) is 11.6. The van der Waals surface area contributed by atoms with Crippen LogP contribution in [0.1, 0.15) is 43.9 Å². The first-order chi connectivity index (χ1) is 8.07. The molecule has 0 amide bonds. The van der Waals surface area contributed by atoms with Crippen LogP contribution >= 0.6 is 0 Å². The highest BCUT2D eigenvalue weighted by atomic mass is 15.1. The van der Waals surface area contributed by atoms with Gasteiger partial charge in [-0.2, -0.15) is 0 Å². The van der Waals surface area contributed by atoms with Crippen molar-refractivity contribution in [3.63, 3.8) is 0 Å². The Hall–Kier alpha value is -0.860. The SMILES string of the molecule is CCCCN(C)C(c1ccccc1C)C(C)N. The fraction of sp³-hybridized carbons (Fsp3) is 0.600. The molecule has 0 heterocycles. The summed E-state index contributed by atoms with van der Waals surface area (Å²) >= 11 is 0. The van der Waals surface area contributed by atoms with E-state index in [-0.39, 0.29) is 6.04 Å². The fourth-order valence-electron chi connectivity index (χ4n) is 2.39. The lowest BCUT2D eigenvalue weighted by atomic mass is 9.95. The molecule has 96 valence electrons. The number of unbranched alkanes of at least 4 members (excludes halogenated alkanes) is 1. The van der Waals surface area contributed by atoms with Gasteiger partial charge in [0.1, 0.15) is 0 Å². The first kappa shape index (κ1) is 14.2. The molecule has 2 N–H and O–H groups in total. The monoisotopic (exact) mass is 234 g/mol. The Morgan fingerprint density at radius 3 is 2.47 bits per heavy atom. The van der Waals surface area contributed by atoms with Gasteiger partial charge in [0.25, 0.3) is 0 Å². The summed E-state index contributed by atoms with van der Waals surface area (Å²) in [4.78, 5) is 2.39. The summed E-state index contributed by atoms with van der Waals surface area (Å²) < 4.78 is 0. The van der Waals surface area contributed by atoms with Gasteiger partial charge in [-0.15, -0.1) is 0 Å². The highest BCUT2D eigenvalue weighted by molar-refractivity contribution is 5.29. The third kappa shape index (κ3) is 3.83. The van der Waals surface area contributed by atoms with Gasteiger partial charge in [-0.05, 0) is 45.0 Å². The van der Waals surface area contributed by atoms with E-state index in [0.29, 0.717) is 6.04 Å². The van der Waals surface area contributed by atoms with Gasteiger partial charge in [0.15, 0.2) is 0 Å². The van der Waals surface area contributed by atoms with Crippen molar-refractivity contribution in [1.29, 1.82) is 0 Å². The average Bonchev–Trinajstić information content (AvgIpc) is 2.29. The number of hydrogen-bond acceptors (Lipinski definition) is 2. The number of nitrogens with two attached hydrogens (primary N) is 1. The topological polar surface area (TPSA) is 29.3 Å². The maximum atomic E-state index is 6.17. The molecule has 17 heavy (non-hydrogen) atoms. The van der Waals surface area contributed by atoms with E-state index in [1.165, 1.54) is 24.0 Å². The van der Waals surface area contributed by atoms with E-state index in [4.69, 9.17) is 5.73 Å². The van der Waals surface area contributed by atoms with Crippen LogP contribution < -0.4 is 5.73 Å². The molecular formula is C15H26N2. The van der Waals surface area contributed by atoms with E-state index in [9.17, 15) is 0 Å². The number of likely N-dealkylation sites (N-methyl/N-ethyl adjacent to an activating group) is 1. The van der Waals surface area contributed by atoms with E-state index >= 15 is 0 Å². The quantitative estimate of drug-likeness (QED) is 0.819. The smallest absolute Gasteiger partial charge is 0.0496 e. The van der Waals surface area contributed by atoms with Gasteiger partial charge in [-0.25, -0.2) is 0 Å². The maximum absolute atomic E-state index is 6.17. The summed E-state index contributed by atoms with van der Waals surface area (Å²) in [5.41, 5.74) is 8.86. The van der Waals surface area contributed by atoms with Crippen LogP contribution in [0.2, 0.25) is 0 Å². The summed E-state index contributed by atoms with van der Waals surface area (Å²) in [6, 6.07) is 9.03. The van der Waals surface area contributed by atoms with Crippen LogP contribution in [0, 0.1) is 6.92 Å². The lowest BCUT2D eigenvalue weighted by Gasteiger charge is -2.32. The molecule has 2 nitrogen and oxygen atoms in total. The van der Waals surface area contributed by atoms with Crippen LogP contribution in [0.15, 0.2) is 24.3 Å². The van der Waals surface area contributed by atoms with Crippen LogP contribution in [-0.2, 0) is 0 Å². The molecule has 1 aromatic rings. The molecule has 0 aromatic heterocycles. The van der Waals surface area contributed by atoms with Gasteiger partial charge in [0, 0.05) is 12.1 Å². The Labute approximate surface area is 106 Å². The third-order valence-corrected chi connectivity index (χ3v) is 3.34. The van der Waals surface area contributed by atoms with E-state index in [1.54, 1.807) is 0 Å². The predicted octanol–water partition coefficient (Wildman–Crippen LogP) is 3.12. The highest BCUT2D eigenvalue weighted by Crippen LogP contribution is 2.25. The fourth-order valence-corrected chi connectivity index (χ4v) is 2.39. The van der Waals surface area contributed by atoms with Crippen LogP contribution in [0.25, 0.3) is 0 Å². The lowest BCUT2D eigenvalue weighted by Crippen LogP contribution is -2.38. The number of aryl methyl sites for hydroxylation is 1. The van der Waals surface area contributed by atoms with Gasteiger partial charge in [-0.1, -0.05) is 37.6 Å².